The zero-order valence-corrected chi connectivity index (χ0v) is 15.7. The highest BCUT2D eigenvalue weighted by Crippen LogP contribution is 2.35. The minimum atomic E-state index is -3.80. The third-order valence-electron chi connectivity index (χ3n) is 2.76. The number of hydrogen-bond donors (Lipinski definition) is 2. The number of sulfonamides is 2. The smallest absolute Gasteiger partial charge is 0.271 e. The second-order valence-corrected chi connectivity index (χ2v) is 10.3. The molecule has 2 aromatic rings. The Balaban J connectivity index is 2.17. The van der Waals surface area contributed by atoms with E-state index >= 15 is 0 Å². The molecular weight excluding hydrogens is 403 g/mol. The van der Waals surface area contributed by atoms with Gasteiger partial charge in [-0.1, -0.05) is 35.3 Å². The molecule has 0 aliphatic heterocycles. The minimum absolute atomic E-state index is 0.00524. The average Bonchev–Trinajstić information content (AvgIpc) is 2.81. The molecule has 6 nitrogen and oxygen atoms in total. The van der Waals surface area contributed by atoms with Gasteiger partial charge in [0.05, 0.1) is 10.8 Å². The third kappa shape index (κ3) is 4.82. The van der Waals surface area contributed by atoms with Gasteiger partial charge in [0.25, 0.3) is 10.0 Å². The molecule has 1 aromatic heterocycles. The number of hydrogen-bond acceptors (Lipinski definition) is 5. The monoisotopic (exact) mass is 414 g/mol. The van der Waals surface area contributed by atoms with Crippen molar-refractivity contribution < 1.29 is 16.8 Å². The number of benzene rings is 1. The zero-order valence-electron chi connectivity index (χ0n) is 11.7. The van der Waals surface area contributed by atoms with Crippen LogP contribution >= 0.6 is 34.5 Å². The van der Waals surface area contributed by atoms with Crippen LogP contribution in [0.5, 0.6) is 0 Å². The molecule has 2 N–H and O–H groups in total. The minimum Gasteiger partial charge on any atom is -0.279 e. The van der Waals surface area contributed by atoms with Gasteiger partial charge in [-0.05, 0) is 30.8 Å². The van der Waals surface area contributed by atoms with Gasteiger partial charge in [0.15, 0.2) is 0 Å². The standard InChI is InChI=1S/C12H12Cl2N2O4S3/c1-15-22(17,18)7-8-2-4-9(5-3-8)16-23(19,20)11-6-10(13)12(14)21-11/h2-6,15-16H,7H2,1H3. The Labute approximate surface area is 148 Å². The molecule has 0 saturated carbocycles. The van der Waals surface area contributed by atoms with Gasteiger partial charge >= 0.3 is 0 Å². The SMILES string of the molecule is CNS(=O)(=O)Cc1ccc(NS(=O)(=O)c2cc(Cl)c(Cl)s2)cc1. The summed E-state index contributed by atoms with van der Waals surface area (Å²) in [5, 5.41) is 0.171. The van der Waals surface area contributed by atoms with Gasteiger partial charge in [-0.3, -0.25) is 4.72 Å². The lowest BCUT2D eigenvalue weighted by Crippen LogP contribution is -2.20. The lowest BCUT2D eigenvalue weighted by atomic mass is 10.2. The summed E-state index contributed by atoms with van der Waals surface area (Å²) in [6.07, 6.45) is 0. The second-order valence-electron chi connectivity index (χ2n) is 4.45. The molecule has 0 aliphatic rings. The molecule has 0 unspecified atom stereocenters. The predicted octanol–water partition coefficient (Wildman–Crippen LogP) is 2.90. The molecule has 0 aliphatic carbocycles. The summed E-state index contributed by atoms with van der Waals surface area (Å²) in [6, 6.07) is 7.29. The van der Waals surface area contributed by atoms with Crippen LogP contribution in [-0.2, 0) is 25.8 Å². The van der Waals surface area contributed by atoms with Crippen molar-refractivity contribution >= 4 is 60.3 Å². The van der Waals surface area contributed by atoms with E-state index in [0.29, 0.717) is 11.3 Å². The highest BCUT2D eigenvalue weighted by molar-refractivity contribution is 7.94. The molecule has 2 rings (SSSR count). The van der Waals surface area contributed by atoms with Gasteiger partial charge in [0.2, 0.25) is 10.0 Å². The van der Waals surface area contributed by atoms with Gasteiger partial charge in [0, 0.05) is 5.69 Å². The lowest BCUT2D eigenvalue weighted by Gasteiger charge is -2.07. The van der Waals surface area contributed by atoms with Crippen molar-refractivity contribution in [1.29, 1.82) is 0 Å². The second kappa shape index (κ2) is 6.96. The van der Waals surface area contributed by atoms with Crippen molar-refractivity contribution in [2.75, 3.05) is 11.8 Å². The molecule has 0 atom stereocenters. The van der Waals surface area contributed by atoms with E-state index in [4.69, 9.17) is 23.2 Å². The topological polar surface area (TPSA) is 92.3 Å². The van der Waals surface area contributed by atoms with Crippen molar-refractivity contribution in [2.24, 2.45) is 0 Å². The van der Waals surface area contributed by atoms with E-state index in [0.717, 1.165) is 11.3 Å². The van der Waals surface area contributed by atoms with Gasteiger partial charge in [0.1, 0.15) is 8.55 Å². The predicted molar refractivity (Wildman–Crippen MR) is 93.3 cm³/mol. The number of halogens is 2. The molecule has 1 aromatic carbocycles. The summed E-state index contributed by atoms with van der Waals surface area (Å²) >= 11 is 12.4. The van der Waals surface area contributed by atoms with E-state index in [2.05, 4.69) is 9.44 Å². The van der Waals surface area contributed by atoms with Crippen LogP contribution in [-0.4, -0.2) is 23.9 Å². The van der Waals surface area contributed by atoms with E-state index in [1.165, 1.54) is 37.4 Å². The summed E-state index contributed by atoms with van der Waals surface area (Å²) in [6.45, 7) is 0. The van der Waals surface area contributed by atoms with Crippen LogP contribution in [0.3, 0.4) is 0 Å². The summed E-state index contributed by atoms with van der Waals surface area (Å²) < 4.78 is 52.1. The van der Waals surface area contributed by atoms with Crippen molar-refractivity contribution in [3.63, 3.8) is 0 Å². The first-order valence-electron chi connectivity index (χ1n) is 6.11. The van der Waals surface area contributed by atoms with E-state index in [-0.39, 0.29) is 19.3 Å². The molecule has 0 fully saturated rings. The Morgan fingerprint density at radius 3 is 2.17 bits per heavy atom. The first-order chi connectivity index (χ1) is 10.6. The van der Waals surface area contributed by atoms with Gasteiger partial charge in [-0.15, -0.1) is 11.3 Å². The van der Waals surface area contributed by atoms with Crippen molar-refractivity contribution in [3.05, 3.63) is 45.3 Å². The van der Waals surface area contributed by atoms with Crippen LogP contribution < -0.4 is 9.44 Å². The number of rotatable bonds is 6. The van der Waals surface area contributed by atoms with Crippen LogP contribution in [0.1, 0.15) is 5.56 Å². The van der Waals surface area contributed by atoms with E-state index in [1.807, 2.05) is 0 Å². The molecule has 23 heavy (non-hydrogen) atoms. The van der Waals surface area contributed by atoms with E-state index in [9.17, 15) is 16.8 Å². The Bertz CT molecular complexity index is 887. The summed E-state index contributed by atoms with van der Waals surface area (Å²) in [5.74, 6) is -0.188. The first kappa shape index (κ1) is 18.5. The number of nitrogens with one attached hydrogen (secondary N) is 2. The molecule has 0 radical (unpaired) electrons. The van der Waals surface area contributed by atoms with Crippen molar-refractivity contribution in [1.82, 2.24) is 4.72 Å². The molecule has 0 bridgehead atoms. The highest BCUT2D eigenvalue weighted by atomic mass is 35.5. The fraction of sp³-hybridized carbons (Fsp3) is 0.167. The van der Waals surface area contributed by atoms with Crippen LogP contribution in [0.4, 0.5) is 5.69 Å². The fourth-order valence-corrected chi connectivity index (χ4v) is 5.34. The maximum absolute atomic E-state index is 12.2. The Hall–Kier alpha value is -0.840. The fourth-order valence-electron chi connectivity index (χ4n) is 1.63. The Kier molecular flexibility index (Phi) is 5.59. The van der Waals surface area contributed by atoms with Gasteiger partial charge in [-0.2, -0.15) is 0 Å². The lowest BCUT2D eigenvalue weighted by molar-refractivity contribution is 0.587. The van der Waals surface area contributed by atoms with Crippen LogP contribution in [0.2, 0.25) is 9.36 Å². The third-order valence-corrected chi connectivity index (χ3v) is 7.82. The van der Waals surface area contributed by atoms with Crippen LogP contribution in [0, 0.1) is 0 Å². The molecular formula is C12H12Cl2N2O4S3. The van der Waals surface area contributed by atoms with Gasteiger partial charge < -0.3 is 0 Å². The normalized spacial score (nSPS) is 12.3. The summed E-state index contributed by atoms with van der Waals surface area (Å²) in [5.41, 5.74) is 0.834. The van der Waals surface area contributed by atoms with Gasteiger partial charge in [-0.25, -0.2) is 21.6 Å². The van der Waals surface area contributed by atoms with Crippen LogP contribution in [0.15, 0.2) is 34.5 Å². The Morgan fingerprint density at radius 2 is 1.70 bits per heavy atom. The molecule has 11 heteroatoms. The molecule has 0 spiro atoms. The number of anilines is 1. The van der Waals surface area contributed by atoms with Crippen LogP contribution in [0.25, 0.3) is 0 Å². The molecule has 0 amide bonds. The first-order valence-corrected chi connectivity index (χ1v) is 10.8. The molecule has 126 valence electrons. The summed E-state index contributed by atoms with van der Waals surface area (Å²) in [7, 11) is -5.85. The Morgan fingerprint density at radius 1 is 1.09 bits per heavy atom. The summed E-state index contributed by atoms with van der Waals surface area (Å²) in [4.78, 5) is 0. The quantitative estimate of drug-likeness (QED) is 0.759. The average molecular weight is 415 g/mol. The molecule has 0 saturated heterocycles. The van der Waals surface area contributed by atoms with Crippen molar-refractivity contribution in [2.45, 2.75) is 9.96 Å². The van der Waals surface area contributed by atoms with E-state index < -0.39 is 20.0 Å². The van der Waals surface area contributed by atoms with E-state index in [1.54, 1.807) is 0 Å². The maximum atomic E-state index is 12.2. The number of thiophene rings is 1. The highest BCUT2D eigenvalue weighted by Gasteiger charge is 2.19. The molecule has 1 heterocycles. The largest absolute Gasteiger partial charge is 0.279 e. The maximum Gasteiger partial charge on any atom is 0.271 e. The van der Waals surface area contributed by atoms with Crippen molar-refractivity contribution in [3.8, 4) is 0 Å². The zero-order chi connectivity index (χ0) is 17.3.